The number of nitrogens with zero attached hydrogens (tertiary/aromatic N) is 3. The number of aromatic nitrogens is 1. The SMILES string of the molecule is CCN(CCCNc1ccc([N+](=O)[O-])cn1)S(C)(=O)=O. The third kappa shape index (κ3) is 5.10. The molecule has 0 saturated carbocycles. The lowest BCUT2D eigenvalue weighted by Gasteiger charge is -2.17. The summed E-state index contributed by atoms with van der Waals surface area (Å²) in [4.78, 5) is 13.8. The molecule has 1 N–H and O–H groups in total. The summed E-state index contributed by atoms with van der Waals surface area (Å²) in [5.74, 6) is 0.526. The molecule has 0 amide bonds. The van der Waals surface area contributed by atoms with Gasteiger partial charge in [-0.15, -0.1) is 0 Å². The molecule has 1 aromatic heterocycles. The van der Waals surface area contributed by atoms with Crippen LogP contribution < -0.4 is 5.32 Å². The standard InChI is InChI=1S/C11H18N4O4S/c1-3-14(20(2,18)19)8-4-7-12-11-6-5-10(9-13-11)15(16)17/h5-6,9H,3-4,7-8H2,1-2H3,(H,12,13). The summed E-state index contributed by atoms with van der Waals surface area (Å²) >= 11 is 0. The van der Waals surface area contributed by atoms with Crippen molar-refractivity contribution in [1.29, 1.82) is 0 Å². The summed E-state index contributed by atoms with van der Waals surface area (Å²) in [6.07, 6.45) is 2.98. The van der Waals surface area contributed by atoms with Crippen molar-refractivity contribution in [1.82, 2.24) is 9.29 Å². The predicted molar refractivity (Wildman–Crippen MR) is 76.1 cm³/mol. The molecule has 1 rings (SSSR count). The molecule has 0 aromatic carbocycles. The van der Waals surface area contributed by atoms with Crippen LogP contribution in [0.4, 0.5) is 11.5 Å². The molecular formula is C11H18N4O4S. The van der Waals surface area contributed by atoms with Gasteiger partial charge in [0.2, 0.25) is 10.0 Å². The minimum atomic E-state index is -3.16. The molecular weight excluding hydrogens is 284 g/mol. The molecule has 0 fully saturated rings. The zero-order valence-corrected chi connectivity index (χ0v) is 12.3. The molecule has 0 unspecified atom stereocenters. The lowest BCUT2D eigenvalue weighted by Crippen LogP contribution is -2.31. The fraction of sp³-hybridized carbons (Fsp3) is 0.545. The van der Waals surface area contributed by atoms with Crippen LogP contribution in [0.25, 0.3) is 0 Å². The van der Waals surface area contributed by atoms with Crippen molar-refractivity contribution in [3.8, 4) is 0 Å². The number of hydrogen-bond acceptors (Lipinski definition) is 6. The summed E-state index contributed by atoms with van der Waals surface area (Å²) in [6, 6.07) is 2.89. The summed E-state index contributed by atoms with van der Waals surface area (Å²) in [7, 11) is -3.16. The van der Waals surface area contributed by atoms with Crippen molar-refractivity contribution >= 4 is 21.5 Å². The monoisotopic (exact) mass is 302 g/mol. The summed E-state index contributed by atoms with van der Waals surface area (Å²) < 4.78 is 24.1. The summed E-state index contributed by atoms with van der Waals surface area (Å²) in [5.41, 5.74) is -0.0650. The van der Waals surface area contributed by atoms with E-state index in [2.05, 4.69) is 10.3 Å². The van der Waals surface area contributed by atoms with Gasteiger partial charge in [0.1, 0.15) is 12.0 Å². The Morgan fingerprint density at radius 2 is 2.15 bits per heavy atom. The molecule has 1 aromatic rings. The Labute approximate surface area is 118 Å². The minimum Gasteiger partial charge on any atom is -0.370 e. The Hall–Kier alpha value is -1.74. The third-order valence-electron chi connectivity index (χ3n) is 2.67. The lowest BCUT2D eigenvalue weighted by molar-refractivity contribution is -0.385. The van der Waals surface area contributed by atoms with E-state index in [4.69, 9.17) is 0 Å². The summed E-state index contributed by atoms with van der Waals surface area (Å²) in [6.45, 7) is 3.19. The van der Waals surface area contributed by atoms with E-state index in [9.17, 15) is 18.5 Å². The predicted octanol–water partition coefficient (Wildman–Crippen LogP) is 1.07. The quantitative estimate of drug-likeness (QED) is 0.437. The first-order chi connectivity index (χ1) is 9.34. The molecule has 20 heavy (non-hydrogen) atoms. The normalized spacial score (nSPS) is 11.6. The van der Waals surface area contributed by atoms with E-state index in [1.54, 1.807) is 6.92 Å². The molecule has 0 atom stereocenters. The molecule has 0 saturated heterocycles. The van der Waals surface area contributed by atoms with E-state index in [0.717, 1.165) is 0 Å². The first-order valence-corrected chi connectivity index (χ1v) is 7.99. The lowest BCUT2D eigenvalue weighted by atomic mass is 10.4. The van der Waals surface area contributed by atoms with Gasteiger partial charge in [0, 0.05) is 25.7 Å². The first kappa shape index (κ1) is 16.3. The summed E-state index contributed by atoms with van der Waals surface area (Å²) in [5, 5.41) is 13.4. The van der Waals surface area contributed by atoms with Crippen molar-refractivity contribution in [2.24, 2.45) is 0 Å². The highest BCUT2D eigenvalue weighted by Gasteiger charge is 2.13. The molecule has 0 bridgehead atoms. The smallest absolute Gasteiger partial charge is 0.287 e. The largest absolute Gasteiger partial charge is 0.370 e. The number of rotatable bonds is 8. The van der Waals surface area contributed by atoms with Crippen LogP contribution >= 0.6 is 0 Å². The van der Waals surface area contributed by atoms with Gasteiger partial charge >= 0.3 is 0 Å². The van der Waals surface area contributed by atoms with Crippen LogP contribution in [0.3, 0.4) is 0 Å². The van der Waals surface area contributed by atoms with Crippen LogP contribution in [-0.4, -0.2) is 48.5 Å². The fourth-order valence-corrected chi connectivity index (χ4v) is 2.56. The highest BCUT2D eigenvalue weighted by molar-refractivity contribution is 7.88. The van der Waals surface area contributed by atoms with Gasteiger partial charge in [-0.2, -0.15) is 0 Å². The molecule has 9 heteroatoms. The van der Waals surface area contributed by atoms with Crippen molar-refractivity contribution in [3.63, 3.8) is 0 Å². The van der Waals surface area contributed by atoms with Gasteiger partial charge in [0.15, 0.2) is 0 Å². The first-order valence-electron chi connectivity index (χ1n) is 6.14. The molecule has 0 spiro atoms. The van der Waals surface area contributed by atoms with Crippen molar-refractivity contribution in [2.75, 3.05) is 31.2 Å². The number of anilines is 1. The van der Waals surface area contributed by atoms with Gasteiger partial charge in [-0.25, -0.2) is 17.7 Å². The van der Waals surface area contributed by atoms with Crippen LogP contribution in [0.15, 0.2) is 18.3 Å². The van der Waals surface area contributed by atoms with E-state index >= 15 is 0 Å². The van der Waals surface area contributed by atoms with Gasteiger partial charge in [-0.05, 0) is 12.5 Å². The molecule has 0 aliphatic carbocycles. The van der Waals surface area contributed by atoms with Crippen LogP contribution in [0, 0.1) is 10.1 Å². The zero-order chi connectivity index (χ0) is 15.2. The maximum absolute atomic E-state index is 11.4. The molecule has 8 nitrogen and oxygen atoms in total. The van der Waals surface area contributed by atoms with Crippen molar-refractivity contribution < 1.29 is 13.3 Å². The number of pyridine rings is 1. The van der Waals surface area contributed by atoms with E-state index in [1.165, 1.54) is 28.9 Å². The molecule has 0 radical (unpaired) electrons. The van der Waals surface area contributed by atoms with E-state index in [0.29, 0.717) is 31.9 Å². The number of sulfonamides is 1. The van der Waals surface area contributed by atoms with Gasteiger partial charge in [-0.1, -0.05) is 6.92 Å². The Morgan fingerprint density at radius 1 is 1.45 bits per heavy atom. The van der Waals surface area contributed by atoms with Crippen molar-refractivity contribution in [2.45, 2.75) is 13.3 Å². The number of nitro groups is 1. The highest BCUT2D eigenvalue weighted by Crippen LogP contribution is 2.11. The van der Waals surface area contributed by atoms with Crippen molar-refractivity contribution in [3.05, 3.63) is 28.4 Å². The average molecular weight is 302 g/mol. The van der Waals surface area contributed by atoms with E-state index < -0.39 is 14.9 Å². The number of hydrogen-bond donors (Lipinski definition) is 1. The Balaban J connectivity index is 2.39. The van der Waals surface area contributed by atoms with E-state index in [1.807, 2.05) is 0 Å². The third-order valence-corrected chi connectivity index (χ3v) is 4.05. The Bertz CT molecular complexity index is 544. The van der Waals surface area contributed by atoms with Crippen LogP contribution in [0.1, 0.15) is 13.3 Å². The Morgan fingerprint density at radius 3 is 2.60 bits per heavy atom. The van der Waals surface area contributed by atoms with Crippen LogP contribution in [0.5, 0.6) is 0 Å². The molecule has 1 heterocycles. The molecule has 0 aliphatic rings. The average Bonchev–Trinajstić information content (AvgIpc) is 2.37. The minimum absolute atomic E-state index is 0.0650. The maximum atomic E-state index is 11.4. The molecule has 112 valence electrons. The van der Waals surface area contributed by atoms with Gasteiger partial charge in [-0.3, -0.25) is 10.1 Å². The van der Waals surface area contributed by atoms with Gasteiger partial charge in [0.25, 0.3) is 5.69 Å². The van der Waals surface area contributed by atoms with Gasteiger partial charge in [0.05, 0.1) is 11.2 Å². The van der Waals surface area contributed by atoms with E-state index in [-0.39, 0.29) is 5.69 Å². The molecule has 0 aliphatic heterocycles. The maximum Gasteiger partial charge on any atom is 0.287 e. The highest BCUT2D eigenvalue weighted by atomic mass is 32.2. The van der Waals surface area contributed by atoms with Crippen LogP contribution in [0.2, 0.25) is 0 Å². The second-order valence-electron chi connectivity index (χ2n) is 4.19. The van der Waals surface area contributed by atoms with Gasteiger partial charge < -0.3 is 5.32 Å². The Kier molecular flexibility index (Phi) is 5.83. The second-order valence-corrected chi connectivity index (χ2v) is 6.18. The fourth-order valence-electron chi connectivity index (χ4n) is 1.63. The second kappa shape index (κ2) is 7.15. The number of nitrogens with one attached hydrogen (secondary N) is 1. The zero-order valence-electron chi connectivity index (χ0n) is 11.4. The van der Waals surface area contributed by atoms with Crippen LogP contribution in [-0.2, 0) is 10.0 Å². The topological polar surface area (TPSA) is 105 Å².